The van der Waals surface area contributed by atoms with Gasteiger partial charge in [-0.25, -0.2) is 9.37 Å². The van der Waals surface area contributed by atoms with Gasteiger partial charge in [-0.15, -0.1) is 0 Å². The van der Waals surface area contributed by atoms with Crippen molar-refractivity contribution >= 4 is 6.21 Å². The molecular weight excluding hydrogens is 490 g/mol. The zero-order valence-electron chi connectivity index (χ0n) is 20.0. The first-order valence-electron chi connectivity index (χ1n) is 11.7. The van der Waals surface area contributed by atoms with Crippen LogP contribution in [0.25, 0.3) is 22.6 Å². The van der Waals surface area contributed by atoms with Crippen LogP contribution in [-0.2, 0) is 12.7 Å². The van der Waals surface area contributed by atoms with Crippen molar-refractivity contribution in [2.45, 2.75) is 39.0 Å². The van der Waals surface area contributed by atoms with Gasteiger partial charge in [0, 0.05) is 11.6 Å². The topological polar surface area (TPSA) is 79.5 Å². The molecule has 2 aromatic heterocycles. The van der Waals surface area contributed by atoms with Gasteiger partial charge in [0.1, 0.15) is 29.1 Å². The number of halogens is 4. The van der Waals surface area contributed by atoms with Crippen LogP contribution in [0.3, 0.4) is 0 Å². The summed E-state index contributed by atoms with van der Waals surface area (Å²) in [5.41, 5.74) is 0.745. The van der Waals surface area contributed by atoms with Gasteiger partial charge in [-0.1, -0.05) is 24.2 Å². The molecule has 3 heterocycles. The summed E-state index contributed by atoms with van der Waals surface area (Å²) in [5, 5.41) is 9.99. The molecule has 0 fully saturated rings. The maximum atomic E-state index is 14.2. The average molecular weight is 513 g/mol. The van der Waals surface area contributed by atoms with Gasteiger partial charge in [0.05, 0.1) is 41.9 Å². The number of aromatic nitrogens is 3. The Balaban J connectivity index is 1.37. The van der Waals surface area contributed by atoms with Gasteiger partial charge in [0.2, 0.25) is 0 Å². The zero-order valence-corrected chi connectivity index (χ0v) is 20.0. The number of aromatic amines is 1. The molecular formula is C26H23F4N5O2. The molecule has 11 heteroatoms. The molecule has 0 spiro atoms. The summed E-state index contributed by atoms with van der Waals surface area (Å²) in [6, 6.07) is 11.1. The third-order valence-electron chi connectivity index (χ3n) is 6.02. The first kappa shape index (κ1) is 24.5. The van der Waals surface area contributed by atoms with Crippen LogP contribution in [0, 0.1) is 5.82 Å². The van der Waals surface area contributed by atoms with Crippen LogP contribution in [0.1, 0.15) is 49.0 Å². The van der Waals surface area contributed by atoms with E-state index in [0.717, 1.165) is 6.07 Å². The first-order valence-corrected chi connectivity index (χ1v) is 11.7. The molecule has 37 heavy (non-hydrogen) atoms. The Morgan fingerprint density at radius 1 is 1.14 bits per heavy atom. The quantitative estimate of drug-likeness (QED) is 0.282. The summed E-state index contributed by atoms with van der Waals surface area (Å²) >= 11 is 0. The van der Waals surface area contributed by atoms with Crippen LogP contribution in [0.5, 0.6) is 5.75 Å². The van der Waals surface area contributed by atoms with E-state index in [0.29, 0.717) is 41.6 Å². The molecule has 192 valence electrons. The highest BCUT2D eigenvalue weighted by Gasteiger charge is 2.35. The van der Waals surface area contributed by atoms with Crippen molar-refractivity contribution in [2.75, 3.05) is 6.61 Å². The lowest BCUT2D eigenvalue weighted by molar-refractivity contribution is -0.137. The van der Waals surface area contributed by atoms with Crippen molar-refractivity contribution in [3.05, 3.63) is 77.1 Å². The predicted molar refractivity (Wildman–Crippen MR) is 128 cm³/mol. The molecule has 4 aromatic rings. The van der Waals surface area contributed by atoms with Gasteiger partial charge in [-0.2, -0.15) is 18.3 Å². The number of H-pyrrole nitrogens is 1. The summed E-state index contributed by atoms with van der Waals surface area (Å²) in [7, 11) is 0. The van der Waals surface area contributed by atoms with Crippen LogP contribution >= 0.6 is 0 Å². The summed E-state index contributed by atoms with van der Waals surface area (Å²) in [5.74, 6) is 0.465. The maximum Gasteiger partial charge on any atom is 0.417 e. The second-order valence-electron chi connectivity index (χ2n) is 8.61. The molecule has 0 aliphatic carbocycles. The molecule has 0 saturated carbocycles. The van der Waals surface area contributed by atoms with E-state index in [9.17, 15) is 17.6 Å². The van der Waals surface area contributed by atoms with E-state index in [-0.39, 0.29) is 23.6 Å². The highest BCUT2D eigenvalue weighted by molar-refractivity contribution is 5.81. The van der Waals surface area contributed by atoms with E-state index in [1.54, 1.807) is 36.3 Å². The van der Waals surface area contributed by atoms with E-state index in [2.05, 4.69) is 20.2 Å². The summed E-state index contributed by atoms with van der Waals surface area (Å²) in [6.45, 7) is 4.27. The smallest absolute Gasteiger partial charge is 0.417 e. The van der Waals surface area contributed by atoms with Crippen LogP contribution in [0.4, 0.5) is 17.6 Å². The molecule has 7 nitrogen and oxygen atoms in total. The van der Waals surface area contributed by atoms with Crippen LogP contribution in [0.2, 0.25) is 0 Å². The van der Waals surface area contributed by atoms with Crippen molar-refractivity contribution in [1.82, 2.24) is 20.1 Å². The Hall–Kier alpha value is -4.15. The van der Waals surface area contributed by atoms with Gasteiger partial charge in [0.15, 0.2) is 5.76 Å². The summed E-state index contributed by atoms with van der Waals surface area (Å²) < 4.78 is 66.4. The number of hydrazone groups is 1. The lowest BCUT2D eigenvalue weighted by Crippen LogP contribution is -2.24. The number of benzene rings is 2. The molecule has 0 saturated heterocycles. The third-order valence-corrected chi connectivity index (χ3v) is 6.02. The molecule has 1 atom stereocenters. The van der Waals surface area contributed by atoms with Gasteiger partial charge in [0.25, 0.3) is 0 Å². The van der Waals surface area contributed by atoms with Crippen molar-refractivity contribution in [3.8, 4) is 28.4 Å². The lowest BCUT2D eigenvalue weighted by Gasteiger charge is -2.25. The SMILES string of the molecule is CCCOc1ccc(-c2cc(C(C)N3Cc4nc(-c5ccccc5F)[nH]c4C=N3)on2)c(C(F)(F)F)c1. The normalized spacial score (nSPS) is 14.1. The zero-order chi connectivity index (χ0) is 26.2. The lowest BCUT2D eigenvalue weighted by atomic mass is 10.0. The number of nitrogens with one attached hydrogen (secondary N) is 1. The Labute approximate surface area is 209 Å². The van der Waals surface area contributed by atoms with E-state index < -0.39 is 23.6 Å². The number of fused-ring (bicyclic) bond motifs is 1. The molecule has 1 aliphatic rings. The minimum absolute atomic E-state index is 0.0551. The van der Waals surface area contributed by atoms with Crippen molar-refractivity contribution in [2.24, 2.45) is 5.10 Å². The fourth-order valence-electron chi connectivity index (χ4n) is 4.05. The molecule has 1 unspecified atom stereocenters. The number of imidazole rings is 1. The molecule has 2 aromatic carbocycles. The number of hydrogen-bond acceptors (Lipinski definition) is 6. The molecule has 1 N–H and O–H groups in total. The van der Waals surface area contributed by atoms with E-state index in [1.807, 2.05) is 6.92 Å². The number of alkyl halides is 3. The van der Waals surface area contributed by atoms with Gasteiger partial charge >= 0.3 is 6.18 Å². The minimum Gasteiger partial charge on any atom is -0.494 e. The average Bonchev–Trinajstić information content (AvgIpc) is 3.54. The number of nitrogens with zero attached hydrogens (tertiary/aromatic N) is 4. The highest BCUT2D eigenvalue weighted by Crippen LogP contribution is 2.40. The molecule has 0 amide bonds. The van der Waals surface area contributed by atoms with Gasteiger partial charge in [-0.05, 0) is 43.7 Å². The van der Waals surface area contributed by atoms with Gasteiger partial charge < -0.3 is 14.2 Å². The molecule has 5 rings (SSSR count). The standard InChI is InChI=1S/C26H23F4N5O2/c1-3-10-36-16-8-9-17(19(11-16)26(28,29)30)21-12-24(37-34-21)15(2)35-14-23-22(13-31-35)32-25(33-23)18-6-4-5-7-20(18)27/h4-9,11-13,15H,3,10,14H2,1-2H3,(H,32,33). The fraction of sp³-hybridized carbons (Fsp3) is 0.269. The second-order valence-corrected chi connectivity index (χ2v) is 8.61. The predicted octanol–water partition coefficient (Wildman–Crippen LogP) is 6.59. The first-order chi connectivity index (χ1) is 17.7. The van der Waals surface area contributed by atoms with Gasteiger partial charge in [-0.3, -0.25) is 5.01 Å². The van der Waals surface area contributed by atoms with Crippen molar-refractivity contribution in [3.63, 3.8) is 0 Å². The summed E-state index contributed by atoms with van der Waals surface area (Å²) in [6.07, 6.45) is -2.35. The van der Waals surface area contributed by atoms with E-state index in [4.69, 9.17) is 9.26 Å². The highest BCUT2D eigenvalue weighted by atomic mass is 19.4. The Morgan fingerprint density at radius 3 is 2.70 bits per heavy atom. The number of ether oxygens (including phenoxy) is 1. The molecule has 0 bridgehead atoms. The monoisotopic (exact) mass is 513 g/mol. The largest absolute Gasteiger partial charge is 0.494 e. The van der Waals surface area contributed by atoms with E-state index >= 15 is 0 Å². The van der Waals surface area contributed by atoms with E-state index in [1.165, 1.54) is 24.3 Å². The number of rotatable bonds is 7. The van der Waals surface area contributed by atoms with Crippen LogP contribution in [-0.4, -0.2) is 33.0 Å². The maximum absolute atomic E-state index is 14.2. The van der Waals surface area contributed by atoms with Crippen molar-refractivity contribution in [1.29, 1.82) is 0 Å². The Bertz CT molecular complexity index is 1440. The van der Waals surface area contributed by atoms with Crippen molar-refractivity contribution < 1.29 is 26.8 Å². The number of hydrogen-bond donors (Lipinski definition) is 1. The Morgan fingerprint density at radius 2 is 1.95 bits per heavy atom. The van der Waals surface area contributed by atoms with Crippen LogP contribution < -0.4 is 4.74 Å². The van der Waals surface area contributed by atoms with Crippen LogP contribution in [0.15, 0.2) is 58.2 Å². The second kappa shape index (κ2) is 9.72. The minimum atomic E-state index is -4.60. The Kier molecular flexibility index (Phi) is 6.45. The molecule has 0 radical (unpaired) electrons. The third kappa shape index (κ3) is 4.93. The molecule has 1 aliphatic heterocycles. The summed E-state index contributed by atoms with van der Waals surface area (Å²) in [4.78, 5) is 7.59. The fourth-order valence-corrected chi connectivity index (χ4v) is 4.05.